The second-order valence-corrected chi connectivity index (χ2v) is 7.21. The van der Waals surface area contributed by atoms with Crippen molar-refractivity contribution in [2.75, 3.05) is 38.7 Å². The van der Waals surface area contributed by atoms with Gasteiger partial charge in [0.25, 0.3) is 0 Å². The van der Waals surface area contributed by atoms with Crippen molar-refractivity contribution >= 4 is 29.0 Å². The molecule has 1 saturated heterocycles. The van der Waals surface area contributed by atoms with Gasteiger partial charge in [-0.1, -0.05) is 12.1 Å². The Morgan fingerprint density at radius 2 is 2.04 bits per heavy atom. The summed E-state index contributed by atoms with van der Waals surface area (Å²) >= 11 is 1.49. The number of nitrogens with one attached hydrogen (secondary N) is 1. The molecule has 1 aliphatic heterocycles. The summed E-state index contributed by atoms with van der Waals surface area (Å²) in [6.45, 7) is 2.65. The number of carboxylic acids is 1. The maximum absolute atomic E-state index is 12.2. The largest absolute Gasteiger partial charge is 0.480 e. The lowest BCUT2D eigenvalue weighted by Gasteiger charge is -2.27. The van der Waals surface area contributed by atoms with Crippen molar-refractivity contribution in [1.82, 2.24) is 14.8 Å². The van der Waals surface area contributed by atoms with Gasteiger partial charge in [0.15, 0.2) is 0 Å². The van der Waals surface area contributed by atoms with Crippen LogP contribution in [0.25, 0.3) is 0 Å². The van der Waals surface area contributed by atoms with E-state index in [1.165, 1.54) is 11.3 Å². The fourth-order valence-corrected chi connectivity index (χ4v) is 3.62. The normalized spacial score (nSPS) is 15.6. The molecule has 8 nitrogen and oxygen atoms in total. The highest BCUT2D eigenvalue weighted by molar-refractivity contribution is 7.09. The molecule has 2 N–H and O–H groups in total. The van der Waals surface area contributed by atoms with E-state index in [-0.39, 0.29) is 6.03 Å². The van der Waals surface area contributed by atoms with Crippen LogP contribution in [0.1, 0.15) is 16.6 Å². The molecule has 0 saturated carbocycles. The number of morpholine rings is 1. The number of amides is 2. The third kappa shape index (κ3) is 5.03. The zero-order valence-corrected chi connectivity index (χ0v) is 15.8. The molecule has 0 spiro atoms. The minimum atomic E-state index is -0.931. The molecule has 144 valence electrons. The van der Waals surface area contributed by atoms with Crippen LogP contribution in [0.2, 0.25) is 0 Å². The number of ether oxygens (including phenoxy) is 1. The van der Waals surface area contributed by atoms with Crippen molar-refractivity contribution in [1.29, 1.82) is 0 Å². The molecule has 0 radical (unpaired) electrons. The zero-order chi connectivity index (χ0) is 19.2. The van der Waals surface area contributed by atoms with Crippen LogP contribution in [0.5, 0.6) is 0 Å². The average Bonchev–Trinajstić information content (AvgIpc) is 3.16. The quantitative estimate of drug-likeness (QED) is 0.786. The Kier molecular flexibility index (Phi) is 6.38. The van der Waals surface area contributed by atoms with Gasteiger partial charge >= 0.3 is 12.0 Å². The summed E-state index contributed by atoms with van der Waals surface area (Å²) in [6, 6.07) is 5.93. The first-order valence-electron chi connectivity index (χ1n) is 8.59. The lowest BCUT2D eigenvalue weighted by molar-refractivity contribution is -0.143. The Balaban J connectivity index is 1.66. The Morgan fingerprint density at radius 1 is 1.33 bits per heavy atom. The van der Waals surface area contributed by atoms with Gasteiger partial charge in [-0.15, -0.1) is 11.3 Å². The summed E-state index contributed by atoms with van der Waals surface area (Å²) < 4.78 is 5.24. The number of urea groups is 1. The second kappa shape index (κ2) is 8.94. The Hall–Kier alpha value is -2.49. The van der Waals surface area contributed by atoms with E-state index in [9.17, 15) is 14.7 Å². The molecule has 2 amide bonds. The number of thiazole rings is 1. The molecule has 27 heavy (non-hydrogen) atoms. The van der Waals surface area contributed by atoms with Crippen LogP contribution >= 0.6 is 11.3 Å². The fourth-order valence-electron chi connectivity index (χ4n) is 2.94. The van der Waals surface area contributed by atoms with E-state index in [1.807, 2.05) is 5.38 Å². The van der Waals surface area contributed by atoms with Crippen LogP contribution in [0, 0.1) is 0 Å². The molecule has 1 atom stereocenters. The topological polar surface area (TPSA) is 95.0 Å². The molecule has 2 heterocycles. The summed E-state index contributed by atoms with van der Waals surface area (Å²) in [4.78, 5) is 31.7. The highest BCUT2D eigenvalue weighted by Gasteiger charge is 2.25. The first kappa shape index (κ1) is 19.3. The van der Waals surface area contributed by atoms with Gasteiger partial charge in [0, 0.05) is 30.4 Å². The Labute approximate surface area is 161 Å². The third-order valence-electron chi connectivity index (χ3n) is 4.32. The number of benzene rings is 1. The summed E-state index contributed by atoms with van der Waals surface area (Å²) in [7, 11) is 1.76. The van der Waals surface area contributed by atoms with E-state index in [1.54, 1.807) is 47.3 Å². The number of aliphatic carboxylic acids is 1. The number of nitrogens with zero attached hydrogens (tertiary/aromatic N) is 3. The van der Waals surface area contributed by atoms with Gasteiger partial charge in [-0.25, -0.2) is 9.78 Å². The zero-order valence-electron chi connectivity index (χ0n) is 15.0. The van der Waals surface area contributed by atoms with E-state index in [2.05, 4.69) is 10.3 Å². The van der Waals surface area contributed by atoms with Crippen molar-refractivity contribution in [3.05, 3.63) is 46.4 Å². The van der Waals surface area contributed by atoms with Crippen LogP contribution in [0.4, 0.5) is 10.5 Å². The van der Waals surface area contributed by atoms with Gasteiger partial charge in [0.05, 0.1) is 19.8 Å². The number of carboxylic acid groups (broad SMARTS) is 1. The first-order chi connectivity index (χ1) is 13.0. The predicted octanol–water partition coefficient (Wildman–Crippen LogP) is 2.26. The molecule has 1 unspecified atom stereocenters. The lowest BCUT2D eigenvalue weighted by Crippen LogP contribution is -2.43. The van der Waals surface area contributed by atoms with Crippen molar-refractivity contribution in [3.63, 3.8) is 0 Å². The number of anilines is 1. The minimum Gasteiger partial charge on any atom is -0.480 e. The standard InChI is InChI=1S/C18H22N4O4S/c1-21(12-15-19-6-11-27-15)16(17(23)24)13-2-4-14(5-3-13)20-18(25)22-7-9-26-10-8-22/h2-6,11,16H,7-10,12H2,1H3,(H,20,25)(H,23,24). The first-order valence-corrected chi connectivity index (χ1v) is 9.47. The molecule has 0 bridgehead atoms. The number of hydrogen-bond donors (Lipinski definition) is 2. The maximum atomic E-state index is 12.2. The van der Waals surface area contributed by atoms with Crippen LogP contribution in [0.3, 0.4) is 0 Å². The SMILES string of the molecule is CN(Cc1nccs1)C(C(=O)O)c1ccc(NC(=O)N2CCOCC2)cc1. The number of carbonyl (C=O) groups excluding carboxylic acids is 1. The molecule has 0 aliphatic carbocycles. The molecule has 1 fully saturated rings. The van der Waals surface area contributed by atoms with Gasteiger partial charge in [-0.3, -0.25) is 9.69 Å². The molecule has 1 aliphatic rings. The van der Waals surface area contributed by atoms with Crippen LogP contribution in [-0.4, -0.2) is 65.2 Å². The smallest absolute Gasteiger partial charge is 0.325 e. The number of likely N-dealkylation sites (N-methyl/N-ethyl adjacent to an activating group) is 1. The van der Waals surface area contributed by atoms with Crippen molar-refractivity contribution < 1.29 is 19.4 Å². The molecule has 3 rings (SSSR count). The van der Waals surface area contributed by atoms with E-state index >= 15 is 0 Å². The van der Waals surface area contributed by atoms with Crippen molar-refractivity contribution in [3.8, 4) is 0 Å². The predicted molar refractivity (Wildman–Crippen MR) is 102 cm³/mol. The fraction of sp³-hybridized carbons (Fsp3) is 0.389. The number of rotatable bonds is 6. The van der Waals surface area contributed by atoms with Crippen LogP contribution < -0.4 is 5.32 Å². The monoisotopic (exact) mass is 390 g/mol. The van der Waals surface area contributed by atoms with Crippen LogP contribution in [-0.2, 0) is 16.1 Å². The lowest BCUT2D eigenvalue weighted by atomic mass is 10.1. The van der Waals surface area contributed by atoms with Crippen LogP contribution in [0.15, 0.2) is 35.8 Å². The van der Waals surface area contributed by atoms with E-state index in [0.717, 1.165) is 5.01 Å². The summed E-state index contributed by atoms with van der Waals surface area (Å²) in [5, 5.41) is 15.2. The Bertz CT molecular complexity index is 760. The Morgan fingerprint density at radius 3 is 2.63 bits per heavy atom. The van der Waals surface area contributed by atoms with Crippen molar-refractivity contribution in [2.45, 2.75) is 12.6 Å². The minimum absolute atomic E-state index is 0.179. The average molecular weight is 390 g/mol. The molecular formula is C18H22N4O4S. The summed E-state index contributed by atoms with van der Waals surface area (Å²) in [5.74, 6) is -0.931. The van der Waals surface area contributed by atoms with Gasteiger partial charge in [0.1, 0.15) is 11.0 Å². The van der Waals surface area contributed by atoms with Crippen molar-refractivity contribution in [2.24, 2.45) is 0 Å². The number of hydrogen-bond acceptors (Lipinski definition) is 6. The highest BCUT2D eigenvalue weighted by atomic mass is 32.1. The third-order valence-corrected chi connectivity index (χ3v) is 5.08. The molecular weight excluding hydrogens is 368 g/mol. The number of carbonyl (C=O) groups is 2. The highest BCUT2D eigenvalue weighted by Crippen LogP contribution is 2.24. The number of aromatic nitrogens is 1. The van der Waals surface area contributed by atoms with Gasteiger partial charge in [-0.05, 0) is 24.7 Å². The van der Waals surface area contributed by atoms with E-state index in [4.69, 9.17) is 4.74 Å². The molecule has 9 heteroatoms. The van der Waals surface area contributed by atoms with E-state index in [0.29, 0.717) is 44.1 Å². The van der Waals surface area contributed by atoms with Gasteiger partial charge in [-0.2, -0.15) is 0 Å². The van der Waals surface area contributed by atoms with Gasteiger partial charge in [0.2, 0.25) is 0 Å². The second-order valence-electron chi connectivity index (χ2n) is 6.23. The summed E-state index contributed by atoms with van der Waals surface area (Å²) in [5.41, 5.74) is 1.27. The van der Waals surface area contributed by atoms with E-state index < -0.39 is 12.0 Å². The maximum Gasteiger partial charge on any atom is 0.325 e. The summed E-state index contributed by atoms with van der Waals surface area (Å²) in [6.07, 6.45) is 1.70. The van der Waals surface area contributed by atoms with Gasteiger partial charge < -0.3 is 20.1 Å². The molecule has 1 aromatic carbocycles. The molecule has 2 aromatic rings. The molecule has 1 aromatic heterocycles.